The molecule has 0 aromatic heterocycles. The molecule has 98 valence electrons. The Hall–Kier alpha value is -1.26. The lowest BCUT2D eigenvalue weighted by molar-refractivity contribution is -0.151. The molecule has 1 aliphatic rings. The molecule has 0 aliphatic carbocycles. The van der Waals surface area contributed by atoms with Gasteiger partial charge in [0.15, 0.2) is 0 Å². The predicted molar refractivity (Wildman–Crippen MR) is 64.7 cm³/mol. The molecule has 2 amide bonds. The van der Waals surface area contributed by atoms with Crippen molar-refractivity contribution in [3.8, 4) is 0 Å². The van der Waals surface area contributed by atoms with Crippen LogP contribution in [0.2, 0.25) is 0 Å². The Kier molecular flexibility index (Phi) is 4.01. The average molecular weight is 242 g/mol. The summed E-state index contributed by atoms with van der Waals surface area (Å²) in [6.07, 6.45) is 1.98. The van der Waals surface area contributed by atoms with Crippen LogP contribution in [-0.2, 0) is 9.53 Å². The van der Waals surface area contributed by atoms with Gasteiger partial charge in [0.25, 0.3) is 0 Å². The summed E-state index contributed by atoms with van der Waals surface area (Å²) in [5.41, 5.74) is -0.900. The summed E-state index contributed by atoms with van der Waals surface area (Å²) < 4.78 is 4.75. The zero-order valence-electron chi connectivity index (χ0n) is 11.3. The van der Waals surface area contributed by atoms with E-state index in [0.717, 1.165) is 12.8 Å². The van der Waals surface area contributed by atoms with Crippen molar-refractivity contribution >= 4 is 12.0 Å². The first-order valence-electron chi connectivity index (χ1n) is 5.99. The van der Waals surface area contributed by atoms with Gasteiger partial charge in [-0.2, -0.15) is 0 Å². The highest BCUT2D eigenvalue weighted by molar-refractivity contribution is 5.87. The van der Waals surface area contributed by atoms with E-state index in [1.165, 1.54) is 7.11 Å². The van der Waals surface area contributed by atoms with E-state index in [-0.39, 0.29) is 18.0 Å². The Labute approximate surface area is 103 Å². The number of esters is 1. The number of carbonyl (C=O) groups is 2. The van der Waals surface area contributed by atoms with Crippen LogP contribution in [0.15, 0.2) is 0 Å². The van der Waals surface area contributed by atoms with Gasteiger partial charge in [0, 0.05) is 13.6 Å². The van der Waals surface area contributed by atoms with Gasteiger partial charge in [0.05, 0.1) is 13.2 Å². The first-order chi connectivity index (χ1) is 7.86. The molecule has 0 saturated carbocycles. The number of hydrogen-bond donors (Lipinski definition) is 0. The van der Waals surface area contributed by atoms with Crippen molar-refractivity contribution in [3.05, 3.63) is 0 Å². The van der Waals surface area contributed by atoms with Crippen molar-refractivity contribution in [2.75, 3.05) is 20.7 Å². The van der Waals surface area contributed by atoms with Gasteiger partial charge in [-0.3, -0.25) is 0 Å². The number of nitrogens with zero attached hydrogens (tertiary/aromatic N) is 2. The standard InChI is InChI=1S/C12H22N2O3/c1-6-7-9-8-14(11(16)13(9)4)12(2,3)10(15)17-5/h9H,6-8H2,1-5H3. The molecule has 0 N–H and O–H groups in total. The van der Waals surface area contributed by atoms with Gasteiger partial charge >= 0.3 is 12.0 Å². The molecule has 1 atom stereocenters. The first-order valence-corrected chi connectivity index (χ1v) is 5.99. The number of ether oxygens (including phenoxy) is 1. The van der Waals surface area contributed by atoms with Crippen LogP contribution in [-0.4, -0.2) is 54.1 Å². The molecular weight excluding hydrogens is 220 g/mol. The first kappa shape index (κ1) is 13.8. The number of methoxy groups -OCH3 is 1. The van der Waals surface area contributed by atoms with Crippen LogP contribution in [0.25, 0.3) is 0 Å². The summed E-state index contributed by atoms with van der Waals surface area (Å²) >= 11 is 0. The van der Waals surface area contributed by atoms with Crippen LogP contribution in [0, 0.1) is 0 Å². The van der Waals surface area contributed by atoms with Gasteiger partial charge in [0.1, 0.15) is 5.54 Å². The van der Waals surface area contributed by atoms with E-state index in [4.69, 9.17) is 4.74 Å². The molecule has 1 aliphatic heterocycles. The maximum absolute atomic E-state index is 12.1. The van der Waals surface area contributed by atoms with E-state index in [2.05, 4.69) is 6.92 Å². The van der Waals surface area contributed by atoms with Gasteiger partial charge in [-0.05, 0) is 20.3 Å². The fraction of sp³-hybridized carbons (Fsp3) is 0.833. The summed E-state index contributed by atoms with van der Waals surface area (Å²) in [6.45, 7) is 6.12. The number of carbonyl (C=O) groups excluding carboxylic acids is 2. The van der Waals surface area contributed by atoms with Gasteiger partial charge in [-0.25, -0.2) is 9.59 Å². The van der Waals surface area contributed by atoms with Crippen molar-refractivity contribution in [1.29, 1.82) is 0 Å². The second-order valence-electron chi connectivity index (χ2n) is 5.00. The third-order valence-electron chi connectivity index (χ3n) is 3.46. The Morgan fingerprint density at radius 1 is 1.53 bits per heavy atom. The monoisotopic (exact) mass is 242 g/mol. The largest absolute Gasteiger partial charge is 0.467 e. The molecule has 5 heteroatoms. The summed E-state index contributed by atoms with van der Waals surface area (Å²) in [6, 6.07) is 0.0929. The minimum Gasteiger partial charge on any atom is -0.467 e. The van der Waals surface area contributed by atoms with E-state index >= 15 is 0 Å². The van der Waals surface area contributed by atoms with Gasteiger partial charge < -0.3 is 14.5 Å². The number of rotatable bonds is 4. The summed E-state index contributed by atoms with van der Waals surface area (Å²) in [4.78, 5) is 27.1. The molecule has 0 spiro atoms. The number of likely N-dealkylation sites (N-methyl/N-ethyl adjacent to an activating group) is 1. The highest BCUT2D eigenvalue weighted by atomic mass is 16.5. The van der Waals surface area contributed by atoms with Crippen molar-refractivity contribution in [2.24, 2.45) is 0 Å². The number of urea groups is 1. The van der Waals surface area contributed by atoms with Crippen LogP contribution in [0.3, 0.4) is 0 Å². The Morgan fingerprint density at radius 2 is 2.12 bits per heavy atom. The second-order valence-corrected chi connectivity index (χ2v) is 5.00. The molecular formula is C12H22N2O3. The van der Waals surface area contributed by atoms with Crippen LogP contribution in [0.4, 0.5) is 4.79 Å². The highest BCUT2D eigenvalue weighted by Gasteiger charge is 2.46. The lowest BCUT2D eigenvalue weighted by Crippen LogP contribution is -2.52. The normalized spacial score (nSPS) is 21.0. The van der Waals surface area contributed by atoms with Crippen molar-refractivity contribution in [3.63, 3.8) is 0 Å². The predicted octanol–water partition coefficient (Wildman–Crippen LogP) is 1.47. The lowest BCUT2D eigenvalue weighted by atomic mass is 10.0. The van der Waals surface area contributed by atoms with E-state index in [1.54, 1.807) is 30.7 Å². The average Bonchev–Trinajstić information content (AvgIpc) is 2.57. The van der Waals surface area contributed by atoms with E-state index in [9.17, 15) is 9.59 Å². The van der Waals surface area contributed by atoms with Gasteiger partial charge in [-0.1, -0.05) is 13.3 Å². The topological polar surface area (TPSA) is 49.9 Å². The van der Waals surface area contributed by atoms with Crippen LogP contribution in [0.1, 0.15) is 33.6 Å². The lowest BCUT2D eigenvalue weighted by Gasteiger charge is -2.31. The SMILES string of the molecule is CCCC1CN(C(C)(C)C(=O)OC)C(=O)N1C. The smallest absolute Gasteiger partial charge is 0.331 e. The molecule has 0 bridgehead atoms. The molecule has 1 rings (SSSR count). The van der Waals surface area contributed by atoms with E-state index < -0.39 is 5.54 Å². The molecule has 1 saturated heterocycles. The molecule has 0 aromatic rings. The Morgan fingerprint density at radius 3 is 2.59 bits per heavy atom. The number of hydrogen-bond acceptors (Lipinski definition) is 3. The molecule has 1 fully saturated rings. The van der Waals surface area contributed by atoms with Crippen molar-refractivity contribution < 1.29 is 14.3 Å². The zero-order chi connectivity index (χ0) is 13.2. The minimum atomic E-state index is -0.900. The zero-order valence-corrected chi connectivity index (χ0v) is 11.3. The highest BCUT2D eigenvalue weighted by Crippen LogP contribution is 2.26. The van der Waals surface area contributed by atoms with E-state index in [1.807, 2.05) is 0 Å². The van der Waals surface area contributed by atoms with Crippen LogP contribution < -0.4 is 0 Å². The van der Waals surface area contributed by atoms with Crippen molar-refractivity contribution in [2.45, 2.75) is 45.2 Å². The van der Waals surface area contributed by atoms with Crippen LogP contribution >= 0.6 is 0 Å². The fourth-order valence-electron chi connectivity index (χ4n) is 2.20. The van der Waals surface area contributed by atoms with Crippen molar-refractivity contribution in [1.82, 2.24) is 9.80 Å². The third kappa shape index (κ3) is 2.37. The quantitative estimate of drug-likeness (QED) is 0.701. The molecule has 1 unspecified atom stereocenters. The summed E-state index contributed by atoms with van der Waals surface area (Å²) in [5.74, 6) is -0.378. The Balaban J connectivity index is 2.86. The number of amides is 2. The maximum Gasteiger partial charge on any atom is 0.331 e. The summed E-state index contributed by atoms with van der Waals surface area (Å²) in [7, 11) is 3.13. The minimum absolute atomic E-state index is 0.0983. The molecule has 1 heterocycles. The Bertz CT molecular complexity index is 315. The molecule has 17 heavy (non-hydrogen) atoms. The van der Waals surface area contributed by atoms with E-state index in [0.29, 0.717) is 6.54 Å². The van der Waals surface area contributed by atoms with Crippen LogP contribution in [0.5, 0.6) is 0 Å². The molecule has 0 aromatic carbocycles. The third-order valence-corrected chi connectivity index (χ3v) is 3.46. The summed E-state index contributed by atoms with van der Waals surface area (Å²) in [5, 5.41) is 0. The fourth-order valence-corrected chi connectivity index (χ4v) is 2.20. The maximum atomic E-state index is 12.1. The molecule has 0 radical (unpaired) electrons. The second kappa shape index (κ2) is 4.94. The van der Waals surface area contributed by atoms with Gasteiger partial charge in [0.2, 0.25) is 0 Å². The molecule has 5 nitrogen and oxygen atoms in total. The van der Waals surface area contributed by atoms with Gasteiger partial charge in [-0.15, -0.1) is 0 Å².